The fraction of sp³-hybridized carbons (Fsp3) is 0.435. The fourth-order valence-electron chi connectivity index (χ4n) is 4.33. The van der Waals surface area contributed by atoms with Crippen LogP contribution in [0.15, 0.2) is 42.5 Å². The van der Waals surface area contributed by atoms with Crippen molar-refractivity contribution in [1.29, 1.82) is 0 Å². The van der Waals surface area contributed by atoms with Crippen molar-refractivity contribution in [2.24, 2.45) is 0 Å². The summed E-state index contributed by atoms with van der Waals surface area (Å²) >= 11 is 0. The first kappa shape index (κ1) is 20.2. The number of carbonyl (C=O) groups excluding carboxylic acids is 1. The Morgan fingerprint density at radius 1 is 0.833 bits per heavy atom. The molecule has 4 rings (SSSR count). The lowest BCUT2D eigenvalue weighted by Gasteiger charge is -2.25. The maximum atomic E-state index is 12.9. The lowest BCUT2D eigenvalue weighted by Crippen LogP contribution is -2.31. The number of nitro groups is 1. The van der Waals surface area contributed by atoms with E-state index in [1.807, 2.05) is 0 Å². The molecular formula is C23H28N4O3. The molecule has 0 saturated carbocycles. The maximum absolute atomic E-state index is 12.9. The van der Waals surface area contributed by atoms with Crippen LogP contribution in [0.1, 0.15) is 35.2 Å². The summed E-state index contributed by atoms with van der Waals surface area (Å²) in [6, 6.07) is 13.6. The van der Waals surface area contributed by atoms with Gasteiger partial charge < -0.3 is 14.7 Å². The number of nitro benzene ring substituents is 1. The highest BCUT2D eigenvalue weighted by Gasteiger charge is 2.28. The zero-order valence-electron chi connectivity index (χ0n) is 17.4. The van der Waals surface area contributed by atoms with E-state index in [1.54, 1.807) is 17.0 Å². The first-order valence-electron chi connectivity index (χ1n) is 10.7. The van der Waals surface area contributed by atoms with Gasteiger partial charge in [-0.25, -0.2) is 0 Å². The Labute approximate surface area is 177 Å². The number of likely N-dealkylation sites (tertiary alicyclic amines) is 1. The van der Waals surface area contributed by atoms with Gasteiger partial charge in [-0.1, -0.05) is 17.7 Å². The summed E-state index contributed by atoms with van der Waals surface area (Å²) in [5.41, 5.74) is 3.45. The van der Waals surface area contributed by atoms with Crippen molar-refractivity contribution in [1.82, 2.24) is 4.90 Å². The molecule has 2 heterocycles. The largest absolute Gasteiger partial charge is 0.370 e. The number of aryl methyl sites for hydroxylation is 1. The van der Waals surface area contributed by atoms with Crippen LogP contribution in [-0.2, 0) is 0 Å². The van der Waals surface area contributed by atoms with E-state index in [2.05, 4.69) is 41.0 Å². The summed E-state index contributed by atoms with van der Waals surface area (Å²) in [4.78, 5) is 30.3. The molecule has 7 heteroatoms. The normalized spacial score (nSPS) is 17.2. The summed E-state index contributed by atoms with van der Waals surface area (Å²) < 4.78 is 0. The van der Waals surface area contributed by atoms with Crippen LogP contribution in [0.5, 0.6) is 0 Å². The van der Waals surface area contributed by atoms with E-state index < -0.39 is 4.92 Å². The molecule has 0 radical (unpaired) electrons. The summed E-state index contributed by atoms with van der Waals surface area (Å²) in [7, 11) is 0. The predicted octanol–water partition coefficient (Wildman–Crippen LogP) is 3.86. The molecule has 2 fully saturated rings. The van der Waals surface area contributed by atoms with Gasteiger partial charge in [0.2, 0.25) is 0 Å². The van der Waals surface area contributed by atoms with Gasteiger partial charge in [-0.3, -0.25) is 14.9 Å². The molecule has 158 valence electrons. The molecular weight excluding hydrogens is 380 g/mol. The predicted molar refractivity (Wildman–Crippen MR) is 118 cm³/mol. The van der Waals surface area contributed by atoms with E-state index in [4.69, 9.17) is 0 Å². The molecule has 0 atom stereocenters. The van der Waals surface area contributed by atoms with Crippen LogP contribution in [0, 0.1) is 17.0 Å². The second-order valence-corrected chi connectivity index (χ2v) is 8.12. The lowest BCUT2D eigenvalue weighted by molar-refractivity contribution is -0.385. The lowest BCUT2D eigenvalue weighted by atomic mass is 10.1. The number of anilines is 2. The number of hydrogen-bond acceptors (Lipinski definition) is 5. The van der Waals surface area contributed by atoms with Crippen LogP contribution in [0.2, 0.25) is 0 Å². The van der Waals surface area contributed by atoms with Crippen molar-refractivity contribution in [3.8, 4) is 0 Å². The van der Waals surface area contributed by atoms with E-state index in [-0.39, 0.29) is 17.2 Å². The Morgan fingerprint density at radius 2 is 1.43 bits per heavy atom. The number of benzene rings is 2. The molecule has 0 bridgehead atoms. The van der Waals surface area contributed by atoms with Crippen LogP contribution in [0.4, 0.5) is 17.1 Å². The number of carbonyl (C=O) groups is 1. The van der Waals surface area contributed by atoms with E-state index in [0.29, 0.717) is 13.1 Å². The topological polar surface area (TPSA) is 69.9 Å². The summed E-state index contributed by atoms with van der Waals surface area (Å²) in [5, 5.41) is 11.5. The molecule has 2 saturated heterocycles. The van der Waals surface area contributed by atoms with Gasteiger partial charge in [0, 0.05) is 56.7 Å². The van der Waals surface area contributed by atoms with Crippen molar-refractivity contribution in [2.75, 3.05) is 49.1 Å². The zero-order valence-corrected chi connectivity index (χ0v) is 17.4. The van der Waals surface area contributed by atoms with Gasteiger partial charge in [-0.15, -0.1) is 0 Å². The van der Waals surface area contributed by atoms with Gasteiger partial charge in [-0.05, 0) is 50.5 Å². The molecule has 30 heavy (non-hydrogen) atoms. The summed E-state index contributed by atoms with van der Waals surface area (Å²) in [5.74, 6) is -0.225. The van der Waals surface area contributed by atoms with Crippen LogP contribution in [0.25, 0.3) is 0 Å². The molecule has 7 nitrogen and oxygen atoms in total. The third-order valence-electron chi connectivity index (χ3n) is 6.06. The Kier molecular flexibility index (Phi) is 5.88. The van der Waals surface area contributed by atoms with E-state index in [9.17, 15) is 14.9 Å². The molecule has 2 aliphatic heterocycles. The highest BCUT2D eigenvalue weighted by Crippen LogP contribution is 2.28. The van der Waals surface area contributed by atoms with Crippen molar-refractivity contribution >= 4 is 23.0 Å². The number of amides is 1. The van der Waals surface area contributed by atoms with Crippen LogP contribution >= 0.6 is 0 Å². The fourth-order valence-corrected chi connectivity index (χ4v) is 4.33. The van der Waals surface area contributed by atoms with Gasteiger partial charge in [0.05, 0.1) is 4.92 Å². The Morgan fingerprint density at radius 3 is 2.07 bits per heavy atom. The second kappa shape index (κ2) is 8.73. The molecule has 0 aliphatic carbocycles. The van der Waals surface area contributed by atoms with E-state index in [1.165, 1.54) is 17.3 Å². The van der Waals surface area contributed by atoms with Crippen LogP contribution in [-0.4, -0.2) is 55.0 Å². The summed E-state index contributed by atoms with van der Waals surface area (Å²) in [6.07, 6.45) is 2.90. The first-order valence-corrected chi connectivity index (χ1v) is 10.7. The van der Waals surface area contributed by atoms with Crippen molar-refractivity contribution in [3.63, 3.8) is 0 Å². The molecule has 0 unspecified atom stereocenters. The minimum Gasteiger partial charge on any atom is -0.370 e. The third kappa shape index (κ3) is 4.25. The first-order chi connectivity index (χ1) is 14.5. The Balaban J connectivity index is 1.54. The molecule has 0 spiro atoms. The van der Waals surface area contributed by atoms with E-state index in [0.717, 1.165) is 51.1 Å². The van der Waals surface area contributed by atoms with E-state index >= 15 is 0 Å². The Bertz CT molecular complexity index is 923. The Hall–Kier alpha value is -3.09. The SMILES string of the molecule is Cc1ccc(N2CCCN(c3ccc([N+](=O)[O-])c(C(=O)N4CCCC4)c3)CC2)cc1. The van der Waals surface area contributed by atoms with Crippen molar-refractivity contribution < 1.29 is 9.72 Å². The highest BCUT2D eigenvalue weighted by molar-refractivity contribution is 5.99. The van der Waals surface area contributed by atoms with Crippen molar-refractivity contribution in [3.05, 3.63) is 63.7 Å². The number of rotatable bonds is 4. The van der Waals surface area contributed by atoms with Gasteiger partial charge in [-0.2, -0.15) is 0 Å². The minimum absolute atomic E-state index is 0.105. The number of nitrogens with zero attached hydrogens (tertiary/aromatic N) is 4. The van der Waals surface area contributed by atoms with Gasteiger partial charge >= 0.3 is 0 Å². The molecule has 2 aromatic rings. The standard InChI is InChI=1S/C23H28N4O3/c1-18-5-7-19(8-6-18)24-13-4-14-25(16-15-24)20-9-10-22(27(29)30)21(17-20)23(28)26-11-2-3-12-26/h5-10,17H,2-4,11-16H2,1H3. The van der Waals surface area contributed by atoms with Gasteiger partial charge in [0.25, 0.3) is 11.6 Å². The maximum Gasteiger partial charge on any atom is 0.282 e. The van der Waals surface area contributed by atoms with Gasteiger partial charge in [0.1, 0.15) is 5.56 Å². The average Bonchev–Trinajstić information content (AvgIpc) is 3.18. The number of hydrogen-bond donors (Lipinski definition) is 0. The quantitative estimate of drug-likeness (QED) is 0.568. The molecule has 0 N–H and O–H groups in total. The van der Waals surface area contributed by atoms with Crippen LogP contribution in [0.3, 0.4) is 0 Å². The average molecular weight is 409 g/mol. The highest BCUT2D eigenvalue weighted by atomic mass is 16.6. The summed E-state index contributed by atoms with van der Waals surface area (Å²) in [6.45, 7) is 6.94. The third-order valence-corrected chi connectivity index (χ3v) is 6.06. The van der Waals surface area contributed by atoms with Crippen LogP contribution < -0.4 is 9.80 Å². The second-order valence-electron chi connectivity index (χ2n) is 8.12. The molecule has 2 aliphatic rings. The zero-order chi connectivity index (χ0) is 21.1. The molecule has 2 aromatic carbocycles. The molecule has 0 aromatic heterocycles. The minimum atomic E-state index is -0.450. The smallest absolute Gasteiger partial charge is 0.282 e. The van der Waals surface area contributed by atoms with Crippen molar-refractivity contribution in [2.45, 2.75) is 26.2 Å². The van der Waals surface area contributed by atoms with Gasteiger partial charge in [0.15, 0.2) is 0 Å². The molecule has 1 amide bonds. The monoisotopic (exact) mass is 408 g/mol.